The molecule has 1 saturated heterocycles. The van der Waals surface area contributed by atoms with E-state index >= 15 is 0 Å². The molecule has 3 aromatic rings. The van der Waals surface area contributed by atoms with Gasteiger partial charge >= 0.3 is 6.09 Å². The Morgan fingerprint density at radius 2 is 1.87 bits per heavy atom. The van der Waals surface area contributed by atoms with Gasteiger partial charge in [0, 0.05) is 38.8 Å². The van der Waals surface area contributed by atoms with Crippen LogP contribution in [0.1, 0.15) is 49.8 Å². The quantitative estimate of drug-likeness (QED) is 0.404. The molecular formula is C26H27NO3S. The number of benzene rings is 2. The van der Waals surface area contributed by atoms with Gasteiger partial charge in [-0.15, -0.1) is 11.3 Å². The lowest BCUT2D eigenvalue weighted by molar-refractivity contribution is 0.106. The Kier molecular flexibility index (Phi) is 6.58. The third-order valence-electron chi connectivity index (χ3n) is 5.81. The second-order valence-corrected chi connectivity index (χ2v) is 8.94. The molecule has 2 aromatic carbocycles. The highest BCUT2D eigenvalue weighted by Gasteiger charge is 2.17. The molecule has 1 fully saturated rings. The summed E-state index contributed by atoms with van der Waals surface area (Å²) in [5, 5.41) is 1.50. The molecule has 1 aliphatic rings. The molecule has 0 radical (unpaired) electrons. The van der Waals surface area contributed by atoms with Gasteiger partial charge in [0.15, 0.2) is 12.0 Å². The maximum absolute atomic E-state index is 13.3. The fraction of sp³-hybridized carbons (Fsp3) is 0.385. The molecule has 4 rings (SSSR count). The normalized spacial score (nSPS) is 13.8. The van der Waals surface area contributed by atoms with Crippen molar-refractivity contribution in [3.63, 3.8) is 0 Å². The molecule has 0 saturated carbocycles. The van der Waals surface area contributed by atoms with Crippen LogP contribution in [-0.2, 0) is 17.6 Å². The van der Waals surface area contributed by atoms with Crippen LogP contribution in [0.25, 0.3) is 20.2 Å². The SMILES string of the molecule is CCc1cc(CC)c2sc3ccc(C#CCOC(=O)N4CCCCC4)cc3c(=O)c2c1. The number of aryl methyl sites for hydroxylation is 2. The number of hydrogen-bond donors (Lipinski definition) is 0. The van der Waals surface area contributed by atoms with Crippen LogP contribution in [0.2, 0.25) is 0 Å². The molecular weight excluding hydrogens is 406 g/mol. The van der Waals surface area contributed by atoms with E-state index in [2.05, 4.69) is 31.8 Å². The Bertz CT molecular complexity index is 1240. The number of carbonyl (C=O) groups excluding carboxylic acids is 1. The molecule has 0 spiro atoms. The third-order valence-corrected chi connectivity index (χ3v) is 7.07. The number of hydrogen-bond acceptors (Lipinski definition) is 4. The molecule has 0 N–H and O–H groups in total. The zero-order chi connectivity index (χ0) is 21.8. The van der Waals surface area contributed by atoms with Crippen LogP contribution in [0, 0.1) is 11.8 Å². The van der Waals surface area contributed by atoms with E-state index < -0.39 is 0 Å². The molecule has 160 valence electrons. The maximum Gasteiger partial charge on any atom is 0.410 e. The molecule has 0 aliphatic carbocycles. The van der Waals surface area contributed by atoms with E-state index in [-0.39, 0.29) is 18.1 Å². The average Bonchev–Trinajstić information content (AvgIpc) is 2.82. The zero-order valence-corrected chi connectivity index (χ0v) is 18.9. The van der Waals surface area contributed by atoms with Crippen LogP contribution in [0.5, 0.6) is 0 Å². The molecule has 1 amide bonds. The predicted molar refractivity (Wildman–Crippen MR) is 128 cm³/mol. The summed E-state index contributed by atoms with van der Waals surface area (Å²) in [6, 6.07) is 10.0. The van der Waals surface area contributed by atoms with Gasteiger partial charge in [0.05, 0.1) is 0 Å². The lowest BCUT2D eigenvalue weighted by atomic mass is 10.0. The molecule has 2 heterocycles. The maximum atomic E-state index is 13.3. The van der Waals surface area contributed by atoms with E-state index in [4.69, 9.17) is 4.74 Å². The molecule has 0 atom stereocenters. The summed E-state index contributed by atoms with van der Waals surface area (Å²) in [5.74, 6) is 5.95. The summed E-state index contributed by atoms with van der Waals surface area (Å²) < 4.78 is 7.33. The van der Waals surface area contributed by atoms with Gasteiger partial charge in [0.2, 0.25) is 0 Å². The molecule has 1 aliphatic heterocycles. The number of rotatable bonds is 3. The molecule has 4 nitrogen and oxygen atoms in total. The number of carbonyl (C=O) groups is 1. The molecule has 5 heteroatoms. The van der Waals surface area contributed by atoms with Crippen molar-refractivity contribution < 1.29 is 9.53 Å². The van der Waals surface area contributed by atoms with Crippen LogP contribution in [0.4, 0.5) is 4.79 Å². The summed E-state index contributed by atoms with van der Waals surface area (Å²) in [7, 11) is 0. The van der Waals surface area contributed by atoms with Crippen molar-refractivity contribution in [1.29, 1.82) is 0 Å². The van der Waals surface area contributed by atoms with E-state index in [1.807, 2.05) is 24.3 Å². The number of nitrogens with zero attached hydrogens (tertiary/aromatic N) is 1. The summed E-state index contributed by atoms with van der Waals surface area (Å²) in [6.45, 7) is 5.82. The predicted octanol–water partition coefficient (Wildman–Crippen LogP) is 5.51. The van der Waals surface area contributed by atoms with E-state index in [9.17, 15) is 9.59 Å². The van der Waals surface area contributed by atoms with E-state index in [0.717, 1.165) is 59.1 Å². The second kappa shape index (κ2) is 9.53. The summed E-state index contributed by atoms with van der Waals surface area (Å²) in [5.41, 5.74) is 3.25. The van der Waals surface area contributed by atoms with Gasteiger partial charge in [-0.25, -0.2) is 4.79 Å². The van der Waals surface area contributed by atoms with Gasteiger partial charge in [-0.3, -0.25) is 4.79 Å². The zero-order valence-electron chi connectivity index (χ0n) is 18.1. The van der Waals surface area contributed by atoms with Gasteiger partial charge in [-0.05, 0) is 67.5 Å². The Morgan fingerprint density at radius 3 is 2.61 bits per heavy atom. The number of piperidine rings is 1. The van der Waals surface area contributed by atoms with Gasteiger partial charge in [0.1, 0.15) is 0 Å². The Morgan fingerprint density at radius 1 is 1.06 bits per heavy atom. The first-order chi connectivity index (χ1) is 15.1. The monoisotopic (exact) mass is 433 g/mol. The highest BCUT2D eigenvalue weighted by molar-refractivity contribution is 7.24. The average molecular weight is 434 g/mol. The largest absolute Gasteiger partial charge is 0.436 e. The fourth-order valence-electron chi connectivity index (χ4n) is 4.04. The first-order valence-electron chi connectivity index (χ1n) is 11.0. The van der Waals surface area contributed by atoms with E-state index in [0.29, 0.717) is 5.39 Å². The van der Waals surface area contributed by atoms with Crippen molar-refractivity contribution in [3.8, 4) is 11.8 Å². The smallest absolute Gasteiger partial charge is 0.410 e. The van der Waals surface area contributed by atoms with Gasteiger partial charge in [-0.2, -0.15) is 0 Å². The lowest BCUT2D eigenvalue weighted by Gasteiger charge is -2.25. The van der Waals surface area contributed by atoms with Crippen molar-refractivity contribution >= 4 is 37.6 Å². The van der Waals surface area contributed by atoms with Gasteiger partial charge in [-0.1, -0.05) is 31.8 Å². The summed E-state index contributed by atoms with van der Waals surface area (Å²) in [6.07, 6.45) is 4.76. The van der Waals surface area contributed by atoms with Crippen LogP contribution in [0.15, 0.2) is 35.1 Å². The minimum absolute atomic E-state index is 0.0532. The number of likely N-dealkylation sites (tertiary alicyclic amines) is 1. The molecule has 0 unspecified atom stereocenters. The van der Waals surface area contributed by atoms with Crippen LogP contribution >= 0.6 is 11.3 Å². The number of ether oxygens (including phenoxy) is 1. The van der Waals surface area contributed by atoms with Crippen molar-refractivity contribution in [1.82, 2.24) is 4.90 Å². The lowest BCUT2D eigenvalue weighted by Crippen LogP contribution is -2.36. The second-order valence-electron chi connectivity index (χ2n) is 7.88. The standard InChI is InChI=1S/C26H27NO3S/c1-3-18-15-20(4-2)25-22(16-18)24(28)21-17-19(10-11-23(21)31-25)9-8-14-30-26(29)27-12-6-5-7-13-27/h10-11,15-17H,3-7,12-14H2,1-2H3. The third kappa shape index (κ3) is 4.60. The summed E-state index contributed by atoms with van der Waals surface area (Å²) in [4.78, 5) is 27.1. The van der Waals surface area contributed by atoms with Crippen LogP contribution in [0.3, 0.4) is 0 Å². The van der Waals surface area contributed by atoms with Crippen molar-refractivity contribution in [2.45, 2.75) is 46.0 Å². The van der Waals surface area contributed by atoms with Crippen LogP contribution in [-0.4, -0.2) is 30.7 Å². The highest BCUT2D eigenvalue weighted by Crippen LogP contribution is 2.29. The number of amides is 1. The summed E-state index contributed by atoms with van der Waals surface area (Å²) >= 11 is 1.67. The highest BCUT2D eigenvalue weighted by atomic mass is 32.1. The van der Waals surface area contributed by atoms with Crippen molar-refractivity contribution in [2.24, 2.45) is 0 Å². The van der Waals surface area contributed by atoms with Crippen molar-refractivity contribution in [3.05, 3.63) is 57.2 Å². The number of fused-ring (bicyclic) bond motifs is 2. The van der Waals surface area contributed by atoms with Gasteiger partial charge < -0.3 is 9.64 Å². The Hall–Kier alpha value is -2.84. The molecule has 31 heavy (non-hydrogen) atoms. The molecule has 1 aromatic heterocycles. The Balaban J connectivity index is 1.59. The fourth-order valence-corrected chi connectivity index (χ4v) is 5.26. The molecule has 0 bridgehead atoms. The topological polar surface area (TPSA) is 46.6 Å². The minimum Gasteiger partial charge on any atom is -0.436 e. The first kappa shape index (κ1) is 21.4. The van der Waals surface area contributed by atoms with E-state index in [1.54, 1.807) is 16.2 Å². The first-order valence-corrected chi connectivity index (χ1v) is 11.8. The van der Waals surface area contributed by atoms with Crippen molar-refractivity contribution in [2.75, 3.05) is 19.7 Å². The Labute approximate surface area is 186 Å². The van der Waals surface area contributed by atoms with E-state index in [1.165, 1.54) is 17.5 Å². The minimum atomic E-state index is -0.291. The van der Waals surface area contributed by atoms with Crippen LogP contribution < -0.4 is 5.43 Å². The van der Waals surface area contributed by atoms with Gasteiger partial charge in [0.25, 0.3) is 0 Å².